The van der Waals surface area contributed by atoms with Gasteiger partial charge < -0.3 is 41.1 Å². The highest BCUT2D eigenvalue weighted by molar-refractivity contribution is 6.38. The maximum atomic E-state index is 14.5. The zero-order chi connectivity index (χ0) is 41.5. The number of ether oxygens (including phenoxy) is 1. The minimum atomic E-state index is -1.40. The SMILES string of the molecule is CCCC(NC(=O)C1CC(OCc2ccccc2)CN1C(=O)C(NC(=O)C(CC)C(=O)O)C1CCCCC1)C(=O)C(=O)NCC(=O)NC(C(=O)O)c1ccccc1. The van der Waals surface area contributed by atoms with Crippen molar-refractivity contribution in [3.05, 3.63) is 71.8 Å². The Kier molecular flexibility index (Phi) is 16.7. The van der Waals surface area contributed by atoms with Crippen molar-refractivity contribution in [2.45, 2.75) is 109 Å². The van der Waals surface area contributed by atoms with Crippen molar-refractivity contribution in [3.8, 4) is 0 Å². The third-order valence-corrected chi connectivity index (χ3v) is 10.4. The molecule has 0 radical (unpaired) electrons. The van der Waals surface area contributed by atoms with E-state index in [2.05, 4.69) is 21.3 Å². The predicted octanol–water partition coefficient (Wildman–Crippen LogP) is 2.26. The number of hydrogen-bond acceptors (Lipinski definition) is 9. The normalized spacial score (nSPS) is 18.9. The van der Waals surface area contributed by atoms with Gasteiger partial charge in [-0.05, 0) is 42.7 Å². The van der Waals surface area contributed by atoms with E-state index in [1.54, 1.807) is 32.0 Å². The average Bonchev–Trinajstić information content (AvgIpc) is 3.65. The Morgan fingerprint density at radius 3 is 2.07 bits per heavy atom. The molecule has 1 saturated carbocycles. The number of ketones is 1. The van der Waals surface area contributed by atoms with E-state index in [0.29, 0.717) is 24.8 Å². The van der Waals surface area contributed by atoms with Crippen molar-refractivity contribution in [1.82, 2.24) is 26.2 Å². The van der Waals surface area contributed by atoms with Gasteiger partial charge in [0.05, 0.1) is 25.3 Å². The first-order chi connectivity index (χ1) is 27.3. The number of carbonyl (C=O) groups excluding carboxylic acids is 6. The van der Waals surface area contributed by atoms with Crippen LogP contribution in [0.1, 0.15) is 88.8 Å². The van der Waals surface area contributed by atoms with Gasteiger partial charge in [-0.2, -0.15) is 0 Å². The minimum Gasteiger partial charge on any atom is -0.481 e. The second kappa shape index (κ2) is 21.6. The van der Waals surface area contributed by atoms with Crippen LogP contribution in [0.25, 0.3) is 0 Å². The van der Waals surface area contributed by atoms with Gasteiger partial charge >= 0.3 is 11.9 Å². The molecule has 16 heteroatoms. The highest BCUT2D eigenvalue weighted by Crippen LogP contribution is 2.31. The summed E-state index contributed by atoms with van der Waals surface area (Å²) in [6, 6.07) is 12.2. The van der Waals surface area contributed by atoms with E-state index in [1.807, 2.05) is 30.3 Å². The summed E-state index contributed by atoms with van der Waals surface area (Å²) in [5.41, 5.74) is 1.17. The molecule has 0 aromatic heterocycles. The summed E-state index contributed by atoms with van der Waals surface area (Å²) in [7, 11) is 0. The lowest BCUT2D eigenvalue weighted by Gasteiger charge is -2.35. The zero-order valence-electron chi connectivity index (χ0n) is 32.3. The van der Waals surface area contributed by atoms with Crippen LogP contribution in [-0.4, -0.2) is 99.7 Å². The van der Waals surface area contributed by atoms with Gasteiger partial charge in [0, 0.05) is 13.0 Å². The number of amides is 5. The Balaban J connectivity index is 1.51. The van der Waals surface area contributed by atoms with Crippen molar-refractivity contribution in [2.24, 2.45) is 11.8 Å². The number of Topliss-reactive ketones (excluding diaryl/α,β-unsaturated/α-hetero) is 1. The maximum Gasteiger partial charge on any atom is 0.330 e. The van der Waals surface area contributed by atoms with Gasteiger partial charge in [-0.25, -0.2) is 4.79 Å². The smallest absolute Gasteiger partial charge is 0.330 e. The number of hydrogen-bond donors (Lipinski definition) is 6. The molecule has 2 fully saturated rings. The lowest BCUT2D eigenvalue weighted by Crippen LogP contribution is -2.58. The number of aliphatic carboxylic acids is 2. The summed E-state index contributed by atoms with van der Waals surface area (Å²) in [4.78, 5) is 106. The van der Waals surface area contributed by atoms with Crippen LogP contribution in [0.3, 0.4) is 0 Å². The van der Waals surface area contributed by atoms with E-state index < -0.39 is 90.0 Å². The monoisotopic (exact) mass is 791 g/mol. The Morgan fingerprint density at radius 2 is 1.47 bits per heavy atom. The van der Waals surface area contributed by atoms with Crippen LogP contribution in [0.4, 0.5) is 0 Å². The molecule has 2 aliphatic rings. The Morgan fingerprint density at radius 1 is 0.825 bits per heavy atom. The summed E-state index contributed by atoms with van der Waals surface area (Å²) in [6.07, 6.45) is 3.64. The quantitative estimate of drug-likeness (QED) is 0.0840. The van der Waals surface area contributed by atoms with E-state index in [-0.39, 0.29) is 38.3 Å². The van der Waals surface area contributed by atoms with E-state index >= 15 is 0 Å². The summed E-state index contributed by atoms with van der Waals surface area (Å²) < 4.78 is 6.16. The molecule has 0 bridgehead atoms. The van der Waals surface area contributed by atoms with E-state index in [4.69, 9.17) is 4.74 Å². The fourth-order valence-electron chi connectivity index (χ4n) is 7.33. The summed E-state index contributed by atoms with van der Waals surface area (Å²) in [6.45, 7) is 2.75. The second-order valence-electron chi connectivity index (χ2n) is 14.5. The topological polar surface area (TPSA) is 238 Å². The highest BCUT2D eigenvalue weighted by atomic mass is 16.5. The molecule has 5 amide bonds. The molecular weight excluding hydrogens is 738 g/mol. The standard InChI is InChI=1S/C41H53N5O11/c1-3-14-30(35(48)38(51)42-22-32(47)44-34(41(55)56)27-19-12-7-13-20-27)43-37(50)31-21-28(57-24-25-15-8-5-9-16-25)23-46(31)39(52)33(26-17-10-6-11-18-26)45-36(49)29(4-2)40(53)54/h5,7-9,12-13,15-16,19-20,26,28-31,33-34H,3-4,6,10-11,14,17-18,21-24H2,1-2H3,(H,42,51)(H,43,50)(H,44,47)(H,45,49)(H,53,54)(H,55,56). The largest absolute Gasteiger partial charge is 0.481 e. The number of rotatable bonds is 20. The fraction of sp³-hybridized carbons (Fsp3) is 0.512. The number of likely N-dealkylation sites (tertiary alicyclic amines) is 1. The Hall–Kier alpha value is -5.64. The third kappa shape index (κ3) is 12.4. The number of nitrogens with one attached hydrogen (secondary N) is 4. The number of benzene rings is 2. The number of carbonyl (C=O) groups is 8. The van der Waals surface area contributed by atoms with Gasteiger partial charge in [0.15, 0.2) is 6.04 Å². The van der Waals surface area contributed by atoms with Crippen LogP contribution in [0.2, 0.25) is 0 Å². The molecule has 57 heavy (non-hydrogen) atoms. The van der Waals surface area contributed by atoms with Gasteiger partial charge in [-0.3, -0.25) is 33.6 Å². The molecule has 2 aromatic rings. The van der Waals surface area contributed by atoms with Crippen LogP contribution in [0, 0.1) is 11.8 Å². The van der Waals surface area contributed by atoms with Crippen LogP contribution in [0.15, 0.2) is 60.7 Å². The summed E-state index contributed by atoms with van der Waals surface area (Å²) in [5.74, 6) is -9.50. The number of carboxylic acid groups (broad SMARTS) is 2. The molecule has 1 saturated heterocycles. The van der Waals surface area contributed by atoms with E-state index in [0.717, 1.165) is 24.8 Å². The molecular formula is C41H53N5O11. The van der Waals surface area contributed by atoms with Gasteiger partial charge in [0.2, 0.25) is 29.4 Å². The molecule has 6 unspecified atom stereocenters. The minimum absolute atomic E-state index is 0.0124. The molecule has 16 nitrogen and oxygen atoms in total. The molecule has 1 aliphatic carbocycles. The average molecular weight is 792 g/mol. The third-order valence-electron chi connectivity index (χ3n) is 10.4. The molecule has 4 rings (SSSR count). The Labute approximate surface area is 331 Å². The molecule has 1 heterocycles. The number of nitrogens with zero attached hydrogens (tertiary/aromatic N) is 1. The zero-order valence-corrected chi connectivity index (χ0v) is 32.3. The summed E-state index contributed by atoms with van der Waals surface area (Å²) >= 11 is 0. The van der Waals surface area contributed by atoms with Gasteiger partial charge in [0.1, 0.15) is 18.0 Å². The van der Waals surface area contributed by atoms with Crippen molar-refractivity contribution in [1.29, 1.82) is 0 Å². The highest BCUT2D eigenvalue weighted by Gasteiger charge is 2.46. The molecule has 1 aliphatic heterocycles. The fourth-order valence-corrected chi connectivity index (χ4v) is 7.33. The second-order valence-corrected chi connectivity index (χ2v) is 14.5. The van der Waals surface area contributed by atoms with Crippen LogP contribution >= 0.6 is 0 Å². The lowest BCUT2D eigenvalue weighted by atomic mass is 9.83. The first-order valence-corrected chi connectivity index (χ1v) is 19.5. The Bertz CT molecular complexity index is 1730. The first kappa shape index (κ1) is 44.1. The lowest BCUT2D eigenvalue weighted by molar-refractivity contribution is -0.150. The molecule has 6 atom stereocenters. The van der Waals surface area contributed by atoms with Crippen molar-refractivity contribution in [2.75, 3.05) is 13.1 Å². The van der Waals surface area contributed by atoms with Gasteiger partial charge in [-0.1, -0.05) is 100 Å². The molecule has 308 valence electrons. The van der Waals surface area contributed by atoms with Gasteiger partial charge in [0.25, 0.3) is 5.91 Å². The van der Waals surface area contributed by atoms with Crippen LogP contribution in [-0.2, 0) is 49.7 Å². The van der Waals surface area contributed by atoms with Crippen molar-refractivity contribution >= 4 is 47.3 Å². The van der Waals surface area contributed by atoms with Crippen LogP contribution in [0.5, 0.6) is 0 Å². The predicted molar refractivity (Wildman–Crippen MR) is 205 cm³/mol. The molecule has 6 N–H and O–H groups in total. The maximum absolute atomic E-state index is 14.5. The van der Waals surface area contributed by atoms with Gasteiger partial charge in [-0.15, -0.1) is 0 Å². The molecule has 2 aromatic carbocycles. The first-order valence-electron chi connectivity index (χ1n) is 19.5. The van der Waals surface area contributed by atoms with Crippen LogP contribution < -0.4 is 21.3 Å². The molecule has 0 spiro atoms. The van der Waals surface area contributed by atoms with Crippen molar-refractivity contribution in [3.63, 3.8) is 0 Å². The van der Waals surface area contributed by atoms with E-state index in [9.17, 15) is 48.6 Å². The number of carboxylic acids is 2. The van der Waals surface area contributed by atoms with E-state index in [1.165, 1.54) is 17.0 Å². The van der Waals surface area contributed by atoms with Crippen molar-refractivity contribution < 1.29 is 53.3 Å². The summed E-state index contributed by atoms with van der Waals surface area (Å²) in [5, 5.41) is 29.2.